The average Bonchev–Trinajstić information content (AvgIpc) is 2.96. The molecule has 0 unspecified atom stereocenters. The third kappa shape index (κ3) is 3.11. The molecule has 2 atom stereocenters. The van der Waals surface area contributed by atoms with E-state index in [2.05, 4.69) is 21.8 Å². The zero-order valence-electron chi connectivity index (χ0n) is 12.0. The van der Waals surface area contributed by atoms with Crippen molar-refractivity contribution in [1.82, 2.24) is 14.9 Å². The van der Waals surface area contributed by atoms with Crippen molar-refractivity contribution in [2.24, 2.45) is 0 Å². The summed E-state index contributed by atoms with van der Waals surface area (Å²) in [6.45, 7) is 4.00. The predicted molar refractivity (Wildman–Crippen MR) is 82.0 cm³/mol. The van der Waals surface area contributed by atoms with Crippen molar-refractivity contribution in [1.29, 1.82) is 0 Å². The van der Waals surface area contributed by atoms with Crippen molar-refractivity contribution in [2.45, 2.75) is 38.3 Å². The maximum atomic E-state index is 13.2. The van der Waals surface area contributed by atoms with E-state index in [4.69, 9.17) is 11.6 Å². The Kier molecular flexibility index (Phi) is 4.27. The number of rotatable bonds is 4. The number of nitrogens with zero attached hydrogens (tertiary/aromatic N) is 2. The number of hydrogen-bond acceptors (Lipinski definition) is 2. The number of aromatic nitrogens is 2. The summed E-state index contributed by atoms with van der Waals surface area (Å²) in [5.74, 6) is 1.23. The van der Waals surface area contributed by atoms with Crippen LogP contribution in [-0.2, 0) is 6.54 Å². The molecule has 5 heteroatoms. The molecule has 1 N–H and O–H groups in total. The fraction of sp³-hybridized carbons (Fsp3) is 0.438. The van der Waals surface area contributed by atoms with Crippen molar-refractivity contribution >= 4 is 11.6 Å². The van der Waals surface area contributed by atoms with Gasteiger partial charge in [0.2, 0.25) is 0 Å². The Morgan fingerprint density at radius 1 is 1.52 bits per heavy atom. The fourth-order valence-corrected chi connectivity index (χ4v) is 3.11. The second-order valence-electron chi connectivity index (χ2n) is 5.62. The molecule has 0 saturated heterocycles. The van der Waals surface area contributed by atoms with Gasteiger partial charge in [-0.1, -0.05) is 17.7 Å². The molecule has 112 valence electrons. The van der Waals surface area contributed by atoms with E-state index in [9.17, 15) is 4.39 Å². The number of halogens is 2. The first-order valence-electron chi connectivity index (χ1n) is 7.34. The number of nitrogens with one attached hydrogen (secondary N) is 1. The van der Waals surface area contributed by atoms with Crippen molar-refractivity contribution in [3.8, 4) is 0 Å². The van der Waals surface area contributed by atoms with Crippen LogP contribution in [0.2, 0.25) is 5.02 Å². The van der Waals surface area contributed by atoms with Crippen LogP contribution < -0.4 is 5.32 Å². The van der Waals surface area contributed by atoms with Crippen LogP contribution in [0.25, 0.3) is 0 Å². The van der Waals surface area contributed by atoms with E-state index in [-0.39, 0.29) is 16.9 Å². The Morgan fingerprint density at radius 2 is 2.38 bits per heavy atom. The zero-order chi connectivity index (χ0) is 14.8. The smallest absolute Gasteiger partial charge is 0.141 e. The molecule has 21 heavy (non-hydrogen) atoms. The number of imidazole rings is 1. The minimum atomic E-state index is -0.373. The first kappa shape index (κ1) is 14.5. The molecule has 1 aromatic carbocycles. The molecule has 2 aromatic rings. The van der Waals surface area contributed by atoms with Gasteiger partial charge in [0.1, 0.15) is 11.6 Å². The van der Waals surface area contributed by atoms with Crippen molar-refractivity contribution in [3.63, 3.8) is 0 Å². The Balaban J connectivity index is 1.64. The largest absolute Gasteiger partial charge is 0.335 e. The lowest BCUT2D eigenvalue weighted by atomic mass is 9.98. The SMILES string of the molecule is C[C@H](NC[C@@H]1CCCn2ccnc21)c1ccc(F)c(Cl)c1. The number of aryl methyl sites for hydroxylation is 1. The summed E-state index contributed by atoms with van der Waals surface area (Å²) in [5.41, 5.74) is 1.00. The van der Waals surface area contributed by atoms with Crippen LogP contribution in [0.3, 0.4) is 0 Å². The van der Waals surface area contributed by atoms with Crippen molar-refractivity contribution < 1.29 is 4.39 Å². The van der Waals surface area contributed by atoms with Crippen LogP contribution in [-0.4, -0.2) is 16.1 Å². The number of benzene rings is 1. The molecule has 3 nitrogen and oxygen atoms in total. The van der Waals surface area contributed by atoms with E-state index in [0.29, 0.717) is 5.92 Å². The van der Waals surface area contributed by atoms with Crippen LogP contribution >= 0.6 is 11.6 Å². The monoisotopic (exact) mass is 307 g/mol. The first-order chi connectivity index (χ1) is 10.1. The highest BCUT2D eigenvalue weighted by atomic mass is 35.5. The summed E-state index contributed by atoms with van der Waals surface area (Å²) in [7, 11) is 0. The summed E-state index contributed by atoms with van der Waals surface area (Å²) >= 11 is 5.84. The molecule has 2 heterocycles. The molecule has 0 saturated carbocycles. The Bertz CT molecular complexity index is 626. The van der Waals surface area contributed by atoms with Gasteiger partial charge < -0.3 is 9.88 Å². The van der Waals surface area contributed by atoms with E-state index in [1.807, 2.05) is 12.4 Å². The Labute approximate surface area is 129 Å². The van der Waals surface area contributed by atoms with Crippen LogP contribution in [0, 0.1) is 5.82 Å². The molecule has 1 aromatic heterocycles. The lowest BCUT2D eigenvalue weighted by Crippen LogP contribution is -2.28. The van der Waals surface area contributed by atoms with Crippen LogP contribution in [0.5, 0.6) is 0 Å². The maximum absolute atomic E-state index is 13.2. The average molecular weight is 308 g/mol. The molecular formula is C16H19ClFN3. The van der Waals surface area contributed by atoms with Crippen LogP contribution in [0.15, 0.2) is 30.6 Å². The van der Waals surface area contributed by atoms with Gasteiger partial charge in [-0.15, -0.1) is 0 Å². The third-order valence-electron chi connectivity index (χ3n) is 4.18. The molecule has 1 aliphatic rings. The van der Waals surface area contributed by atoms with Gasteiger partial charge in [-0.2, -0.15) is 0 Å². The minimum Gasteiger partial charge on any atom is -0.335 e. The lowest BCUT2D eigenvalue weighted by molar-refractivity contribution is 0.408. The molecule has 0 amide bonds. The van der Waals surface area contributed by atoms with Gasteiger partial charge in [-0.3, -0.25) is 0 Å². The highest BCUT2D eigenvalue weighted by Gasteiger charge is 2.21. The zero-order valence-corrected chi connectivity index (χ0v) is 12.8. The fourth-order valence-electron chi connectivity index (χ4n) is 2.92. The van der Waals surface area contributed by atoms with E-state index in [1.165, 1.54) is 12.5 Å². The van der Waals surface area contributed by atoms with Gasteiger partial charge in [0.25, 0.3) is 0 Å². The van der Waals surface area contributed by atoms with Gasteiger partial charge in [0.15, 0.2) is 0 Å². The Morgan fingerprint density at radius 3 is 3.19 bits per heavy atom. The lowest BCUT2D eigenvalue weighted by Gasteiger charge is -2.25. The van der Waals surface area contributed by atoms with Gasteiger partial charge in [0, 0.05) is 37.4 Å². The second-order valence-corrected chi connectivity index (χ2v) is 6.03. The highest BCUT2D eigenvalue weighted by molar-refractivity contribution is 6.30. The van der Waals surface area contributed by atoms with Crippen LogP contribution in [0.1, 0.15) is 43.1 Å². The third-order valence-corrected chi connectivity index (χ3v) is 4.47. The number of hydrogen-bond donors (Lipinski definition) is 1. The summed E-state index contributed by atoms with van der Waals surface area (Å²) in [5, 5.41) is 3.69. The molecule has 0 radical (unpaired) electrons. The quantitative estimate of drug-likeness (QED) is 0.928. The van der Waals surface area contributed by atoms with E-state index >= 15 is 0 Å². The summed E-state index contributed by atoms with van der Waals surface area (Å²) < 4.78 is 15.4. The van der Waals surface area contributed by atoms with Gasteiger partial charge in [-0.25, -0.2) is 9.37 Å². The van der Waals surface area contributed by atoms with Gasteiger partial charge in [0.05, 0.1) is 5.02 Å². The standard InChI is InChI=1S/C16H19ClFN3/c1-11(12-4-5-15(18)14(17)9-12)20-10-13-3-2-7-21-8-6-19-16(13)21/h4-6,8-9,11,13,20H,2-3,7,10H2,1H3/t11-,13-/m0/s1. The molecule has 1 aliphatic heterocycles. The topological polar surface area (TPSA) is 29.9 Å². The first-order valence-corrected chi connectivity index (χ1v) is 7.72. The molecule has 0 spiro atoms. The molecular weight excluding hydrogens is 289 g/mol. The van der Waals surface area contributed by atoms with Crippen LogP contribution in [0.4, 0.5) is 4.39 Å². The van der Waals surface area contributed by atoms with Gasteiger partial charge >= 0.3 is 0 Å². The second kappa shape index (κ2) is 6.16. The molecule has 3 rings (SSSR count). The molecule has 0 fully saturated rings. The van der Waals surface area contributed by atoms with E-state index in [1.54, 1.807) is 12.1 Å². The maximum Gasteiger partial charge on any atom is 0.141 e. The van der Waals surface area contributed by atoms with Gasteiger partial charge in [-0.05, 0) is 37.5 Å². The summed E-state index contributed by atoms with van der Waals surface area (Å²) in [6, 6.07) is 5.02. The molecule has 0 aliphatic carbocycles. The normalized spacial score (nSPS) is 19.3. The van der Waals surface area contributed by atoms with Crippen molar-refractivity contribution in [3.05, 3.63) is 52.8 Å². The summed E-state index contributed by atoms with van der Waals surface area (Å²) in [4.78, 5) is 4.47. The highest BCUT2D eigenvalue weighted by Crippen LogP contribution is 2.26. The predicted octanol–water partition coefficient (Wildman–Crippen LogP) is 3.90. The number of fused-ring (bicyclic) bond motifs is 1. The Hall–Kier alpha value is -1.39. The summed E-state index contributed by atoms with van der Waals surface area (Å²) in [6.07, 6.45) is 6.26. The van der Waals surface area contributed by atoms with E-state index < -0.39 is 0 Å². The molecule has 0 bridgehead atoms. The van der Waals surface area contributed by atoms with E-state index in [0.717, 1.165) is 30.9 Å². The van der Waals surface area contributed by atoms with Crippen molar-refractivity contribution in [2.75, 3.05) is 6.54 Å². The minimum absolute atomic E-state index is 0.133.